The maximum Gasteiger partial charge on any atom is 0.251 e. The number of aryl methyl sites for hydroxylation is 1. The lowest BCUT2D eigenvalue weighted by Crippen LogP contribution is -2.42. The Morgan fingerprint density at radius 3 is 2.38 bits per heavy atom. The Kier molecular flexibility index (Phi) is 9.02. The van der Waals surface area contributed by atoms with Crippen LogP contribution >= 0.6 is 0 Å². The van der Waals surface area contributed by atoms with E-state index in [0.717, 1.165) is 35.4 Å². The molecule has 1 saturated heterocycles. The third-order valence-electron chi connectivity index (χ3n) is 8.13. The number of benzene rings is 4. The second-order valence-electron chi connectivity index (χ2n) is 11.0. The molecule has 10 nitrogen and oxygen atoms in total. The summed E-state index contributed by atoms with van der Waals surface area (Å²) in [5.74, 6) is 0.0553. The van der Waals surface area contributed by atoms with Gasteiger partial charge in [0.2, 0.25) is 5.91 Å². The van der Waals surface area contributed by atoms with Crippen LogP contribution in [0, 0.1) is 6.92 Å². The van der Waals surface area contributed by atoms with Gasteiger partial charge in [0.05, 0.1) is 25.8 Å². The molecule has 0 spiro atoms. The van der Waals surface area contributed by atoms with E-state index in [-0.39, 0.29) is 24.9 Å². The number of aromatic nitrogens is 3. The van der Waals surface area contributed by atoms with E-state index in [1.54, 1.807) is 28.8 Å². The van der Waals surface area contributed by atoms with Gasteiger partial charge in [-0.25, -0.2) is 4.68 Å². The molecular weight excluding hydrogens is 568 g/mol. The fraction of sp³-hybridized carbons (Fsp3) is 0.257. The largest absolute Gasteiger partial charge is 0.497 e. The van der Waals surface area contributed by atoms with Crippen molar-refractivity contribution in [2.75, 3.05) is 43.6 Å². The van der Waals surface area contributed by atoms with Crippen molar-refractivity contribution in [2.45, 2.75) is 26.1 Å². The number of hydrogen-bond acceptors (Lipinski definition) is 7. The average Bonchev–Trinajstić information content (AvgIpc) is 3.49. The van der Waals surface area contributed by atoms with E-state index in [1.807, 2.05) is 91.9 Å². The van der Waals surface area contributed by atoms with Gasteiger partial charge in [0.25, 0.3) is 5.91 Å². The Bertz CT molecular complexity index is 1760. The van der Waals surface area contributed by atoms with Gasteiger partial charge in [-0.1, -0.05) is 53.7 Å². The standard InChI is InChI=1S/C35H36N6O4/c1-25-7-3-4-8-27(25)23-40(33(42)24-41-32-10-6-5-9-31(32)37-38-41)34(26-11-17-30(44-2)18-12-26)35(43)36-28-13-15-29(16-14-28)39-19-21-45-22-20-39/h3-18,34H,19-24H2,1-2H3,(H,36,43). The zero-order chi connectivity index (χ0) is 31.2. The molecule has 1 N–H and O–H groups in total. The number of amides is 2. The van der Waals surface area contributed by atoms with Gasteiger partial charge < -0.3 is 24.6 Å². The van der Waals surface area contributed by atoms with Crippen molar-refractivity contribution < 1.29 is 19.1 Å². The van der Waals surface area contributed by atoms with E-state index < -0.39 is 6.04 Å². The molecule has 45 heavy (non-hydrogen) atoms. The third kappa shape index (κ3) is 6.81. The molecule has 6 rings (SSSR count). The number of nitrogens with one attached hydrogen (secondary N) is 1. The topological polar surface area (TPSA) is 102 Å². The molecule has 1 fully saturated rings. The van der Waals surface area contributed by atoms with Crippen molar-refractivity contribution in [3.8, 4) is 5.75 Å². The van der Waals surface area contributed by atoms with Crippen LogP contribution in [0.5, 0.6) is 5.75 Å². The first kappa shape index (κ1) is 29.8. The SMILES string of the molecule is COc1ccc(C(C(=O)Nc2ccc(N3CCOCC3)cc2)N(Cc2ccccc2C)C(=O)Cn2nnc3ccccc32)cc1. The van der Waals surface area contributed by atoms with E-state index >= 15 is 0 Å². The minimum absolute atomic E-state index is 0.0828. The zero-order valence-corrected chi connectivity index (χ0v) is 25.4. The van der Waals surface area contributed by atoms with Crippen LogP contribution in [-0.4, -0.2) is 65.1 Å². The molecule has 230 valence electrons. The number of hydrogen-bond donors (Lipinski definition) is 1. The van der Waals surface area contributed by atoms with Crippen LogP contribution in [-0.2, 0) is 27.4 Å². The number of morpholine rings is 1. The number of nitrogens with zero attached hydrogens (tertiary/aromatic N) is 5. The summed E-state index contributed by atoms with van der Waals surface area (Å²) in [6, 6.07) is 29.5. The summed E-state index contributed by atoms with van der Waals surface area (Å²) in [6.45, 7) is 5.17. The first-order valence-corrected chi connectivity index (χ1v) is 15.0. The van der Waals surface area contributed by atoms with Gasteiger partial charge in [-0.15, -0.1) is 5.10 Å². The number of fused-ring (bicyclic) bond motifs is 1. The third-order valence-corrected chi connectivity index (χ3v) is 8.13. The summed E-state index contributed by atoms with van der Waals surface area (Å²) >= 11 is 0. The summed E-state index contributed by atoms with van der Waals surface area (Å²) in [6.07, 6.45) is 0. The summed E-state index contributed by atoms with van der Waals surface area (Å²) in [7, 11) is 1.59. The van der Waals surface area contributed by atoms with Gasteiger partial charge in [-0.05, 0) is 72.1 Å². The molecular formula is C35H36N6O4. The van der Waals surface area contributed by atoms with Crippen LogP contribution < -0.4 is 15.0 Å². The van der Waals surface area contributed by atoms with E-state index in [9.17, 15) is 9.59 Å². The lowest BCUT2D eigenvalue weighted by molar-refractivity contribution is -0.140. The Hall–Kier alpha value is -5.22. The van der Waals surface area contributed by atoms with Gasteiger partial charge >= 0.3 is 0 Å². The minimum Gasteiger partial charge on any atom is -0.497 e. The maximum atomic E-state index is 14.3. The number of anilines is 2. The zero-order valence-electron chi connectivity index (χ0n) is 25.4. The average molecular weight is 605 g/mol. The second kappa shape index (κ2) is 13.6. The van der Waals surface area contributed by atoms with E-state index in [2.05, 4.69) is 20.5 Å². The fourth-order valence-electron chi connectivity index (χ4n) is 5.59. The molecule has 1 unspecified atom stereocenters. The van der Waals surface area contributed by atoms with Crippen LogP contribution in [0.1, 0.15) is 22.7 Å². The molecule has 4 aromatic carbocycles. The highest BCUT2D eigenvalue weighted by Gasteiger charge is 2.33. The van der Waals surface area contributed by atoms with Crippen LogP contribution in [0.2, 0.25) is 0 Å². The quantitative estimate of drug-likeness (QED) is 0.240. The van der Waals surface area contributed by atoms with Crippen molar-refractivity contribution >= 4 is 34.2 Å². The highest BCUT2D eigenvalue weighted by molar-refractivity contribution is 5.98. The van der Waals surface area contributed by atoms with Gasteiger partial charge in [0.15, 0.2) is 0 Å². The number of methoxy groups -OCH3 is 1. The van der Waals surface area contributed by atoms with Gasteiger partial charge in [-0.2, -0.15) is 0 Å². The highest BCUT2D eigenvalue weighted by atomic mass is 16.5. The van der Waals surface area contributed by atoms with Gasteiger partial charge in [-0.3, -0.25) is 9.59 Å². The van der Waals surface area contributed by atoms with Crippen LogP contribution in [0.25, 0.3) is 11.0 Å². The normalized spacial score (nSPS) is 13.8. The smallest absolute Gasteiger partial charge is 0.251 e. The molecule has 0 saturated carbocycles. The Labute approximate surface area is 262 Å². The molecule has 1 aliphatic heterocycles. The number of ether oxygens (including phenoxy) is 2. The Balaban J connectivity index is 1.35. The van der Waals surface area contributed by atoms with Gasteiger partial charge in [0, 0.05) is 31.0 Å². The van der Waals surface area contributed by atoms with Crippen LogP contribution in [0.4, 0.5) is 11.4 Å². The van der Waals surface area contributed by atoms with Crippen molar-refractivity contribution in [3.63, 3.8) is 0 Å². The van der Waals surface area contributed by atoms with Crippen LogP contribution in [0.3, 0.4) is 0 Å². The summed E-state index contributed by atoms with van der Waals surface area (Å²) in [4.78, 5) is 32.5. The highest BCUT2D eigenvalue weighted by Crippen LogP contribution is 2.29. The summed E-state index contributed by atoms with van der Waals surface area (Å²) in [5.41, 5.74) is 5.77. The predicted molar refractivity (Wildman–Crippen MR) is 173 cm³/mol. The lowest BCUT2D eigenvalue weighted by atomic mass is 10.0. The molecule has 1 aliphatic rings. The Morgan fingerprint density at radius 2 is 1.64 bits per heavy atom. The monoisotopic (exact) mass is 604 g/mol. The lowest BCUT2D eigenvalue weighted by Gasteiger charge is -2.32. The number of carbonyl (C=O) groups excluding carboxylic acids is 2. The Morgan fingerprint density at radius 1 is 0.933 bits per heavy atom. The van der Waals surface area contributed by atoms with E-state index in [4.69, 9.17) is 9.47 Å². The molecule has 1 aromatic heterocycles. The van der Waals surface area contributed by atoms with E-state index in [0.29, 0.717) is 35.7 Å². The summed E-state index contributed by atoms with van der Waals surface area (Å²) in [5, 5.41) is 11.5. The molecule has 0 aliphatic carbocycles. The molecule has 2 heterocycles. The second-order valence-corrected chi connectivity index (χ2v) is 11.0. The molecule has 1 atom stereocenters. The minimum atomic E-state index is -0.947. The first-order valence-electron chi connectivity index (χ1n) is 15.0. The van der Waals surface area contributed by atoms with Crippen molar-refractivity contribution in [3.05, 3.63) is 114 Å². The molecule has 5 aromatic rings. The summed E-state index contributed by atoms with van der Waals surface area (Å²) < 4.78 is 12.4. The first-order chi connectivity index (χ1) is 22.0. The number of para-hydroxylation sites is 1. The van der Waals surface area contributed by atoms with E-state index in [1.165, 1.54) is 0 Å². The molecule has 0 bridgehead atoms. The predicted octanol–water partition coefficient (Wildman–Crippen LogP) is 4.99. The fourth-order valence-corrected chi connectivity index (χ4v) is 5.59. The van der Waals surface area contributed by atoms with Crippen LogP contribution in [0.15, 0.2) is 97.1 Å². The molecule has 10 heteroatoms. The number of carbonyl (C=O) groups is 2. The van der Waals surface area contributed by atoms with Crippen molar-refractivity contribution in [1.82, 2.24) is 19.9 Å². The molecule has 0 radical (unpaired) electrons. The van der Waals surface area contributed by atoms with Gasteiger partial charge in [0.1, 0.15) is 23.9 Å². The van der Waals surface area contributed by atoms with Crippen molar-refractivity contribution in [2.24, 2.45) is 0 Å². The number of rotatable bonds is 10. The molecule has 2 amide bonds. The van der Waals surface area contributed by atoms with Crippen molar-refractivity contribution in [1.29, 1.82) is 0 Å². The maximum absolute atomic E-state index is 14.3.